The highest BCUT2D eigenvalue weighted by atomic mass is 32.1. The molecule has 1 heterocycles. The first-order valence-corrected chi connectivity index (χ1v) is 7.63. The van der Waals surface area contributed by atoms with E-state index in [0.717, 1.165) is 6.54 Å². The summed E-state index contributed by atoms with van der Waals surface area (Å²) < 4.78 is 0. The number of nitrogens with one attached hydrogen (secondary N) is 1. The van der Waals surface area contributed by atoms with Crippen molar-refractivity contribution in [3.8, 4) is 0 Å². The van der Waals surface area contributed by atoms with Gasteiger partial charge in [-0.3, -0.25) is 0 Å². The van der Waals surface area contributed by atoms with E-state index in [9.17, 15) is 0 Å². The van der Waals surface area contributed by atoms with Gasteiger partial charge in [-0.05, 0) is 65.3 Å². The van der Waals surface area contributed by atoms with Crippen molar-refractivity contribution in [2.24, 2.45) is 0 Å². The quantitative estimate of drug-likeness (QED) is 0.870. The minimum atomic E-state index is 0.427. The number of hydrogen-bond acceptors (Lipinski definition) is 2. The largest absolute Gasteiger partial charge is 0.306 e. The minimum Gasteiger partial charge on any atom is -0.306 e. The summed E-state index contributed by atoms with van der Waals surface area (Å²) in [6.45, 7) is 3.21. The molecule has 1 unspecified atom stereocenters. The Morgan fingerprint density at radius 2 is 2.11 bits per heavy atom. The number of thiophene rings is 1. The maximum atomic E-state index is 3.60. The van der Waals surface area contributed by atoms with Gasteiger partial charge in [-0.1, -0.05) is 18.2 Å². The summed E-state index contributed by atoms with van der Waals surface area (Å²) in [5.41, 5.74) is 5.93. The zero-order chi connectivity index (χ0) is 12.4. The molecule has 3 rings (SSSR count). The molecule has 2 aromatic rings. The SMILES string of the molecule is CC(NCc1ccsc1)c1ccc2c(c1)CCC2. The number of fused-ring (bicyclic) bond motifs is 1. The Balaban J connectivity index is 1.67. The molecule has 1 aromatic carbocycles. The highest BCUT2D eigenvalue weighted by Gasteiger charge is 2.13. The van der Waals surface area contributed by atoms with E-state index in [2.05, 4.69) is 47.3 Å². The van der Waals surface area contributed by atoms with Gasteiger partial charge in [-0.2, -0.15) is 11.3 Å². The molecule has 0 fully saturated rings. The van der Waals surface area contributed by atoms with E-state index in [1.165, 1.54) is 30.4 Å². The Morgan fingerprint density at radius 1 is 1.22 bits per heavy atom. The standard InChI is InChI=1S/C16H19NS/c1-12(17-10-13-7-8-18-11-13)15-6-5-14-3-2-4-16(14)9-15/h5-9,11-12,17H,2-4,10H2,1H3. The third-order valence-corrected chi connectivity index (χ3v) is 4.55. The van der Waals surface area contributed by atoms with Crippen molar-refractivity contribution in [2.75, 3.05) is 0 Å². The van der Waals surface area contributed by atoms with Crippen LogP contribution in [0.1, 0.15) is 41.6 Å². The van der Waals surface area contributed by atoms with E-state index in [0.29, 0.717) is 6.04 Å². The van der Waals surface area contributed by atoms with Gasteiger partial charge in [0.25, 0.3) is 0 Å². The first-order valence-electron chi connectivity index (χ1n) is 6.69. The number of hydrogen-bond donors (Lipinski definition) is 1. The molecule has 0 saturated carbocycles. The van der Waals surface area contributed by atoms with Crippen molar-refractivity contribution in [1.82, 2.24) is 5.32 Å². The Kier molecular flexibility index (Phi) is 3.48. The normalized spacial score (nSPS) is 15.6. The van der Waals surface area contributed by atoms with Crippen LogP contribution < -0.4 is 5.32 Å². The fourth-order valence-electron chi connectivity index (χ4n) is 2.64. The number of aryl methyl sites for hydroxylation is 2. The Hall–Kier alpha value is -1.12. The van der Waals surface area contributed by atoms with Gasteiger partial charge in [-0.25, -0.2) is 0 Å². The van der Waals surface area contributed by atoms with E-state index in [4.69, 9.17) is 0 Å². The lowest BCUT2D eigenvalue weighted by molar-refractivity contribution is 0.575. The van der Waals surface area contributed by atoms with Crippen LogP contribution in [0, 0.1) is 0 Å². The fraction of sp³-hybridized carbons (Fsp3) is 0.375. The van der Waals surface area contributed by atoms with E-state index in [-0.39, 0.29) is 0 Å². The minimum absolute atomic E-state index is 0.427. The topological polar surface area (TPSA) is 12.0 Å². The summed E-state index contributed by atoms with van der Waals surface area (Å²) in [5.74, 6) is 0. The highest BCUT2D eigenvalue weighted by molar-refractivity contribution is 7.07. The van der Waals surface area contributed by atoms with Crippen LogP contribution in [0.4, 0.5) is 0 Å². The Labute approximate surface area is 113 Å². The third-order valence-electron chi connectivity index (χ3n) is 3.82. The number of rotatable bonds is 4. The molecule has 1 aliphatic carbocycles. The highest BCUT2D eigenvalue weighted by Crippen LogP contribution is 2.25. The summed E-state index contributed by atoms with van der Waals surface area (Å²) >= 11 is 1.76. The average molecular weight is 257 g/mol. The molecular formula is C16H19NS. The fourth-order valence-corrected chi connectivity index (χ4v) is 3.31. The van der Waals surface area contributed by atoms with Crippen molar-refractivity contribution in [1.29, 1.82) is 0 Å². The van der Waals surface area contributed by atoms with Crippen molar-refractivity contribution >= 4 is 11.3 Å². The molecule has 0 aliphatic heterocycles. The Morgan fingerprint density at radius 3 is 2.94 bits per heavy atom. The lowest BCUT2D eigenvalue weighted by atomic mass is 10.0. The van der Waals surface area contributed by atoms with Crippen LogP contribution in [-0.4, -0.2) is 0 Å². The third kappa shape index (κ3) is 2.50. The molecule has 1 aromatic heterocycles. The van der Waals surface area contributed by atoms with Crippen molar-refractivity contribution < 1.29 is 0 Å². The van der Waals surface area contributed by atoms with Gasteiger partial charge in [0.1, 0.15) is 0 Å². The van der Waals surface area contributed by atoms with Crippen molar-refractivity contribution in [3.05, 3.63) is 57.3 Å². The molecule has 0 radical (unpaired) electrons. The van der Waals surface area contributed by atoms with Crippen LogP contribution in [-0.2, 0) is 19.4 Å². The molecule has 0 amide bonds. The predicted octanol–water partition coefficient (Wildman–Crippen LogP) is 4.09. The second kappa shape index (κ2) is 5.25. The number of benzene rings is 1. The lowest BCUT2D eigenvalue weighted by Crippen LogP contribution is -2.17. The summed E-state index contributed by atoms with van der Waals surface area (Å²) in [7, 11) is 0. The van der Waals surface area contributed by atoms with Gasteiger partial charge in [0.2, 0.25) is 0 Å². The second-order valence-corrected chi connectivity index (χ2v) is 5.90. The molecule has 1 N–H and O–H groups in total. The predicted molar refractivity (Wildman–Crippen MR) is 78.0 cm³/mol. The summed E-state index contributed by atoms with van der Waals surface area (Å²) in [5, 5.41) is 7.95. The van der Waals surface area contributed by atoms with Gasteiger partial charge in [0, 0.05) is 12.6 Å². The second-order valence-electron chi connectivity index (χ2n) is 5.12. The van der Waals surface area contributed by atoms with E-state index in [1.54, 1.807) is 22.5 Å². The maximum Gasteiger partial charge on any atom is 0.0295 e. The summed E-state index contributed by atoms with van der Waals surface area (Å²) in [6.07, 6.45) is 3.86. The van der Waals surface area contributed by atoms with Crippen molar-refractivity contribution in [2.45, 2.75) is 38.8 Å². The molecule has 18 heavy (non-hydrogen) atoms. The maximum absolute atomic E-state index is 3.60. The van der Waals surface area contributed by atoms with Crippen molar-refractivity contribution in [3.63, 3.8) is 0 Å². The zero-order valence-corrected chi connectivity index (χ0v) is 11.6. The van der Waals surface area contributed by atoms with Gasteiger partial charge in [-0.15, -0.1) is 0 Å². The first-order chi connectivity index (χ1) is 8.83. The Bertz CT molecular complexity index is 516. The summed E-state index contributed by atoms with van der Waals surface area (Å²) in [6, 6.07) is 9.62. The van der Waals surface area contributed by atoms with Crippen LogP contribution in [0.2, 0.25) is 0 Å². The molecule has 0 saturated heterocycles. The van der Waals surface area contributed by atoms with Gasteiger partial charge < -0.3 is 5.32 Å². The van der Waals surface area contributed by atoms with Crippen LogP contribution in [0.5, 0.6) is 0 Å². The molecule has 0 bridgehead atoms. The molecule has 0 spiro atoms. The molecule has 2 heteroatoms. The first kappa shape index (κ1) is 11.9. The molecule has 94 valence electrons. The zero-order valence-electron chi connectivity index (χ0n) is 10.8. The summed E-state index contributed by atoms with van der Waals surface area (Å²) in [4.78, 5) is 0. The van der Waals surface area contributed by atoms with Crippen LogP contribution in [0.15, 0.2) is 35.0 Å². The van der Waals surface area contributed by atoms with E-state index >= 15 is 0 Å². The lowest BCUT2D eigenvalue weighted by Gasteiger charge is -2.15. The smallest absolute Gasteiger partial charge is 0.0295 e. The van der Waals surface area contributed by atoms with Crippen LogP contribution in [0.3, 0.4) is 0 Å². The van der Waals surface area contributed by atoms with Gasteiger partial charge in [0.15, 0.2) is 0 Å². The molecule has 1 aliphatic rings. The van der Waals surface area contributed by atoms with Gasteiger partial charge >= 0.3 is 0 Å². The average Bonchev–Trinajstić information content (AvgIpc) is 3.05. The molecule has 1 atom stereocenters. The molecule has 1 nitrogen and oxygen atoms in total. The molecular weight excluding hydrogens is 238 g/mol. The monoisotopic (exact) mass is 257 g/mol. The van der Waals surface area contributed by atoms with E-state index in [1.807, 2.05) is 0 Å². The van der Waals surface area contributed by atoms with Gasteiger partial charge in [0.05, 0.1) is 0 Å². The van der Waals surface area contributed by atoms with E-state index < -0.39 is 0 Å². The van der Waals surface area contributed by atoms with Crippen LogP contribution >= 0.6 is 11.3 Å². The van der Waals surface area contributed by atoms with Crippen LogP contribution in [0.25, 0.3) is 0 Å².